The van der Waals surface area contributed by atoms with Crippen molar-refractivity contribution >= 4 is 6.09 Å². The van der Waals surface area contributed by atoms with E-state index in [4.69, 9.17) is 5.11 Å². The molecule has 0 aliphatic heterocycles. The summed E-state index contributed by atoms with van der Waals surface area (Å²) in [5, 5.41) is 10.7. The molecule has 4 heteroatoms. The van der Waals surface area contributed by atoms with Crippen molar-refractivity contribution in [2.24, 2.45) is 0 Å². The van der Waals surface area contributed by atoms with Crippen LogP contribution in [0.1, 0.15) is 18.5 Å². The van der Waals surface area contributed by atoms with E-state index in [1.54, 1.807) is 19.1 Å². The molecular formula is C9H10FNO2. The van der Waals surface area contributed by atoms with Crippen molar-refractivity contribution in [2.75, 3.05) is 0 Å². The molecule has 3 nitrogen and oxygen atoms in total. The molecule has 0 bridgehead atoms. The third-order valence-electron chi connectivity index (χ3n) is 1.71. The van der Waals surface area contributed by atoms with E-state index >= 15 is 0 Å². The van der Waals surface area contributed by atoms with Crippen LogP contribution in [0.4, 0.5) is 9.18 Å². The first-order valence-corrected chi connectivity index (χ1v) is 3.84. The summed E-state index contributed by atoms with van der Waals surface area (Å²) in [6.45, 7) is 1.70. The van der Waals surface area contributed by atoms with E-state index in [2.05, 4.69) is 5.32 Å². The number of amides is 1. The summed E-state index contributed by atoms with van der Waals surface area (Å²) in [5.41, 5.74) is 0.740. The zero-order chi connectivity index (χ0) is 9.84. The highest BCUT2D eigenvalue weighted by molar-refractivity contribution is 5.65. The Bertz CT molecular complexity index is 297. The first kappa shape index (κ1) is 9.51. The average Bonchev–Trinajstić information content (AvgIpc) is 2.04. The van der Waals surface area contributed by atoms with E-state index in [0.29, 0.717) is 0 Å². The van der Waals surface area contributed by atoms with Crippen LogP contribution in [-0.2, 0) is 0 Å². The fourth-order valence-corrected chi connectivity index (χ4v) is 1.02. The summed E-state index contributed by atoms with van der Waals surface area (Å²) >= 11 is 0. The average molecular weight is 183 g/mol. The van der Waals surface area contributed by atoms with Crippen molar-refractivity contribution < 1.29 is 14.3 Å². The minimum atomic E-state index is -1.09. The fraction of sp³-hybridized carbons (Fsp3) is 0.222. The third kappa shape index (κ3) is 2.74. The second-order valence-electron chi connectivity index (χ2n) is 2.72. The van der Waals surface area contributed by atoms with Gasteiger partial charge in [0.2, 0.25) is 0 Å². The van der Waals surface area contributed by atoms with Crippen LogP contribution >= 0.6 is 0 Å². The summed E-state index contributed by atoms with van der Waals surface area (Å²) in [6, 6.07) is 5.38. The lowest BCUT2D eigenvalue weighted by Crippen LogP contribution is -2.24. The Hall–Kier alpha value is -1.58. The second-order valence-corrected chi connectivity index (χ2v) is 2.72. The predicted molar refractivity (Wildman–Crippen MR) is 46.0 cm³/mol. The standard InChI is InChI=1S/C9H10FNO2/c1-6(11-9(12)13)7-2-4-8(10)5-3-7/h2-6,11H,1H3,(H,12,13)/t6-/m0/s1. The van der Waals surface area contributed by atoms with E-state index < -0.39 is 6.09 Å². The molecule has 0 radical (unpaired) electrons. The number of hydrogen-bond acceptors (Lipinski definition) is 1. The normalized spacial score (nSPS) is 12.2. The van der Waals surface area contributed by atoms with Gasteiger partial charge in [0.1, 0.15) is 5.82 Å². The Morgan fingerprint density at radius 3 is 2.46 bits per heavy atom. The second kappa shape index (κ2) is 3.89. The lowest BCUT2D eigenvalue weighted by atomic mass is 10.1. The number of carbonyl (C=O) groups is 1. The highest BCUT2D eigenvalue weighted by Gasteiger charge is 2.06. The molecule has 0 aromatic heterocycles. The smallest absolute Gasteiger partial charge is 0.405 e. The number of hydrogen-bond donors (Lipinski definition) is 2. The lowest BCUT2D eigenvalue weighted by molar-refractivity contribution is 0.191. The minimum absolute atomic E-state index is 0.321. The van der Waals surface area contributed by atoms with Gasteiger partial charge in [-0.05, 0) is 24.6 Å². The molecule has 0 saturated heterocycles. The third-order valence-corrected chi connectivity index (χ3v) is 1.71. The van der Waals surface area contributed by atoms with Crippen LogP contribution < -0.4 is 5.32 Å². The van der Waals surface area contributed by atoms with Crippen LogP contribution in [0.2, 0.25) is 0 Å². The predicted octanol–water partition coefficient (Wildman–Crippen LogP) is 2.15. The molecule has 2 N–H and O–H groups in total. The van der Waals surface area contributed by atoms with Crippen LogP contribution in [0, 0.1) is 5.82 Å². The van der Waals surface area contributed by atoms with Crippen molar-refractivity contribution in [3.8, 4) is 0 Å². The van der Waals surface area contributed by atoms with Gasteiger partial charge in [-0.25, -0.2) is 9.18 Å². The molecule has 13 heavy (non-hydrogen) atoms. The molecule has 0 spiro atoms. The SMILES string of the molecule is C[C@H](NC(=O)O)c1ccc(F)cc1. The maximum atomic E-state index is 12.5. The molecule has 1 aromatic carbocycles. The largest absolute Gasteiger partial charge is 0.465 e. The van der Waals surface area contributed by atoms with Gasteiger partial charge < -0.3 is 10.4 Å². The Balaban J connectivity index is 2.71. The van der Waals surface area contributed by atoms with Gasteiger partial charge in [0.15, 0.2) is 0 Å². The first-order chi connectivity index (χ1) is 6.09. The highest BCUT2D eigenvalue weighted by Crippen LogP contribution is 2.12. The summed E-state index contributed by atoms with van der Waals surface area (Å²) in [5.74, 6) is -0.328. The maximum absolute atomic E-state index is 12.5. The molecule has 0 unspecified atom stereocenters. The van der Waals surface area contributed by atoms with Crippen LogP contribution in [0.25, 0.3) is 0 Å². The number of carboxylic acid groups (broad SMARTS) is 1. The van der Waals surface area contributed by atoms with Crippen molar-refractivity contribution in [2.45, 2.75) is 13.0 Å². The van der Waals surface area contributed by atoms with E-state index in [-0.39, 0.29) is 11.9 Å². The molecule has 1 atom stereocenters. The molecule has 1 aromatic rings. The molecule has 70 valence electrons. The summed E-state index contributed by atoms with van der Waals surface area (Å²) in [4.78, 5) is 10.3. The van der Waals surface area contributed by atoms with Crippen LogP contribution in [0.5, 0.6) is 0 Å². The highest BCUT2D eigenvalue weighted by atomic mass is 19.1. The number of nitrogens with one attached hydrogen (secondary N) is 1. The van der Waals surface area contributed by atoms with E-state index in [1.807, 2.05) is 0 Å². The van der Waals surface area contributed by atoms with Crippen LogP contribution in [-0.4, -0.2) is 11.2 Å². The molecule has 0 heterocycles. The van der Waals surface area contributed by atoms with Gasteiger partial charge in [-0.1, -0.05) is 12.1 Å². The molecule has 0 fully saturated rings. The Labute approximate surface area is 75.2 Å². The zero-order valence-electron chi connectivity index (χ0n) is 7.12. The Morgan fingerprint density at radius 2 is 2.00 bits per heavy atom. The minimum Gasteiger partial charge on any atom is -0.465 e. The van der Waals surface area contributed by atoms with Gasteiger partial charge in [-0.2, -0.15) is 0 Å². The van der Waals surface area contributed by atoms with Gasteiger partial charge >= 0.3 is 6.09 Å². The van der Waals surface area contributed by atoms with E-state index in [9.17, 15) is 9.18 Å². The lowest BCUT2D eigenvalue weighted by Gasteiger charge is -2.10. The zero-order valence-corrected chi connectivity index (χ0v) is 7.12. The van der Waals surface area contributed by atoms with Gasteiger partial charge in [0.25, 0.3) is 0 Å². The first-order valence-electron chi connectivity index (χ1n) is 3.84. The molecular weight excluding hydrogens is 173 g/mol. The molecule has 1 amide bonds. The van der Waals surface area contributed by atoms with Gasteiger partial charge in [-0.15, -0.1) is 0 Å². The Morgan fingerprint density at radius 1 is 1.46 bits per heavy atom. The van der Waals surface area contributed by atoms with Crippen LogP contribution in [0.15, 0.2) is 24.3 Å². The van der Waals surface area contributed by atoms with Crippen molar-refractivity contribution in [1.29, 1.82) is 0 Å². The molecule has 0 saturated carbocycles. The van der Waals surface area contributed by atoms with Gasteiger partial charge in [-0.3, -0.25) is 0 Å². The monoisotopic (exact) mass is 183 g/mol. The van der Waals surface area contributed by atoms with Crippen LogP contribution in [0.3, 0.4) is 0 Å². The number of halogens is 1. The molecule has 1 rings (SSSR count). The quantitative estimate of drug-likeness (QED) is 0.738. The van der Waals surface area contributed by atoms with E-state index in [0.717, 1.165) is 5.56 Å². The van der Waals surface area contributed by atoms with Gasteiger partial charge in [0, 0.05) is 0 Å². The number of benzene rings is 1. The Kier molecular flexibility index (Phi) is 2.84. The summed E-state index contributed by atoms with van der Waals surface area (Å²) in [7, 11) is 0. The molecule has 0 aliphatic carbocycles. The van der Waals surface area contributed by atoms with Gasteiger partial charge in [0.05, 0.1) is 6.04 Å². The topological polar surface area (TPSA) is 49.3 Å². The van der Waals surface area contributed by atoms with Crippen molar-refractivity contribution in [3.63, 3.8) is 0 Å². The maximum Gasteiger partial charge on any atom is 0.405 e. The fourth-order valence-electron chi connectivity index (χ4n) is 1.02. The summed E-state index contributed by atoms with van der Waals surface area (Å²) < 4.78 is 12.5. The number of rotatable bonds is 2. The van der Waals surface area contributed by atoms with Crippen molar-refractivity contribution in [1.82, 2.24) is 5.32 Å². The molecule has 0 aliphatic rings. The van der Waals surface area contributed by atoms with Crippen molar-refractivity contribution in [3.05, 3.63) is 35.6 Å². The van der Waals surface area contributed by atoms with E-state index in [1.165, 1.54) is 12.1 Å². The summed E-state index contributed by atoms with van der Waals surface area (Å²) in [6.07, 6.45) is -1.09.